The molecule has 0 spiro atoms. The van der Waals surface area contributed by atoms with Crippen LogP contribution in [0.1, 0.15) is 58.6 Å². The van der Waals surface area contributed by atoms with Crippen LogP contribution in [0.3, 0.4) is 0 Å². The molecule has 16 heteroatoms. The fourth-order valence-corrected chi connectivity index (χ4v) is 5.58. The summed E-state index contributed by atoms with van der Waals surface area (Å²) >= 11 is 0. The van der Waals surface area contributed by atoms with Gasteiger partial charge in [0.15, 0.2) is 12.2 Å². The molecular weight excluding hydrogens is 747 g/mol. The number of hydrogen-bond donors (Lipinski definition) is 6. The molecule has 59 heavy (non-hydrogen) atoms. The van der Waals surface area contributed by atoms with E-state index in [1.807, 2.05) is 66.7 Å². The predicted molar refractivity (Wildman–Crippen MR) is 232 cm³/mol. The van der Waals surface area contributed by atoms with Crippen LogP contribution in [0, 0.1) is 0 Å². The van der Waals surface area contributed by atoms with Crippen LogP contribution in [0.25, 0.3) is 12.2 Å². The number of nitrogens with zero attached hydrogens (tertiary/aromatic N) is 5. The summed E-state index contributed by atoms with van der Waals surface area (Å²) in [6.07, 6.45) is 13.3. The van der Waals surface area contributed by atoms with E-state index in [1.165, 1.54) is 0 Å². The highest BCUT2D eigenvalue weighted by atomic mass is 16.6. The topological polar surface area (TPSA) is 203 Å². The summed E-state index contributed by atoms with van der Waals surface area (Å²) in [5.41, 5.74) is 8.81. The molecule has 2 unspecified atom stereocenters. The van der Waals surface area contributed by atoms with E-state index in [-0.39, 0.29) is 12.2 Å². The summed E-state index contributed by atoms with van der Waals surface area (Å²) in [7, 11) is -4.28. The van der Waals surface area contributed by atoms with E-state index in [9.17, 15) is 0 Å². The molecule has 5 heterocycles. The van der Waals surface area contributed by atoms with E-state index in [0.29, 0.717) is 29.2 Å². The lowest BCUT2D eigenvalue weighted by Crippen LogP contribution is -2.29. The summed E-state index contributed by atoms with van der Waals surface area (Å²) in [4.78, 5) is 23.0. The molecule has 6 N–H and O–H groups in total. The van der Waals surface area contributed by atoms with Crippen LogP contribution in [0.5, 0.6) is 0 Å². The Morgan fingerprint density at radius 3 is 1.27 bits per heavy atom. The first-order valence-electron chi connectivity index (χ1n) is 18.4. The number of hydrogen-bond acceptors (Lipinski definition) is 13. The van der Waals surface area contributed by atoms with Crippen molar-refractivity contribution in [1.82, 2.24) is 15.0 Å². The van der Waals surface area contributed by atoms with Gasteiger partial charge in [0.05, 0.1) is 17.1 Å². The zero-order chi connectivity index (χ0) is 42.0. The van der Waals surface area contributed by atoms with E-state index in [4.69, 9.17) is 39.8 Å². The van der Waals surface area contributed by atoms with Crippen LogP contribution in [0.4, 0.5) is 0 Å². The highest BCUT2D eigenvalue weighted by molar-refractivity contribution is 6.59. The van der Waals surface area contributed by atoms with Gasteiger partial charge >= 0.3 is 21.4 Å². The highest BCUT2D eigenvalue weighted by Crippen LogP contribution is 2.29. The zero-order valence-corrected chi connectivity index (χ0v) is 32.0. The zero-order valence-electron chi connectivity index (χ0n) is 32.0. The number of rotatable bonds is 9. The molecule has 0 aliphatic carbocycles. The van der Waals surface area contributed by atoms with E-state index in [2.05, 4.69) is 38.4 Å². The van der Waals surface area contributed by atoms with Crippen LogP contribution in [0.15, 0.2) is 170 Å². The fourth-order valence-electron chi connectivity index (χ4n) is 5.58. The second-order valence-electron chi connectivity index (χ2n) is 12.9. The van der Waals surface area contributed by atoms with Crippen molar-refractivity contribution in [2.24, 2.45) is 10.3 Å². The van der Waals surface area contributed by atoms with Crippen molar-refractivity contribution >= 4 is 61.3 Å². The van der Waals surface area contributed by atoms with Gasteiger partial charge in [0, 0.05) is 55.0 Å². The van der Waals surface area contributed by atoms with E-state index in [1.54, 1.807) is 91.7 Å². The van der Waals surface area contributed by atoms with Gasteiger partial charge < -0.3 is 39.8 Å². The highest BCUT2D eigenvalue weighted by Gasteiger charge is 2.25. The molecule has 296 valence electrons. The van der Waals surface area contributed by atoms with E-state index in [0.717, 1.165) is 44.9 Å². The number of benzene rings is 3. The van der Waals surface area contributed by atoms with Crippen LogP contribution < -0.4 is 16.4 Å². The van der Waals surface area contributed by atoms with Gasteiger partial charge in [-0.15, -0.1) is 0 Å². The minimum Gasteiger partial charge on any atom is -0.423 e. The first kappa shape index (κ1) is 43.6. The van der Waals surface area contributed by atoms with Crippen molar-refractivity contribution in [2.75, 3.05) is 0 Å². The number of aromatic nitrogens is 3. The summed E-state index contributed by atoms with van der Waals surface area (Å²) < 4.78 is 0. The van der Waals surface area contributed by atoms with E-state index >= 15 is 0 Å². The summed E-state index contributed by atoms with van der Waals surface area (Å²) in [6, 6.07) is 34.2. The summed E-state index contributed by atoms with van der Waals surface area (Å²) in [6.45, 7) is 7.15. The number of oxime groups is 2. The van der Waals surface area contributed by atoms with Crippen LogP contribution in [-0.2, 0) is 9.68 Å². The second-order valence-corrected chi connectivity index (χ2v) is 12.9. The Kier molecular flexibility index (Phi) is 16.6. The summed E-state index contributed by atoms with van der Waals surface area (Å²) in [5, 5.41) is 61.9. The first-order chi connectivity index (χ1) is 28.6. The fraction of sp³-hybridized carbons (Fsp3) is 0.0930. The standard InChI is InChI=1S/2C14H13BN2O3.C8H9BO2.C7H7N/c2*18-15(19)12-5-3-10(4-6-12)13-8-14(20-17-13)11-2-1-7-16-9-11;1-2-7-3-5-8(6-4-7)9(10)11;1-2-7-5-3-4-6-8-7/h2*1-7,9,14,18-19H,8H2;2-6,10-11H,1H2;2-6H,1H2. The third-order valence-corrected chi connectivity index (χ3v) is 8.90. The van der Waals surface area contributed by atoms with Crippen LogP contribution >= 0.6 is 0 Å². The molecular formula is C43H42B3N5O8. The minimum absolute atomic E-state index is 0.109. The van der Waals surface area contributed by atoms with Crippen LogP contribution in [-0.4, -0.2) is 77.9 Å². The van der Waals surface area contributed by atoms with Gasteiger partial charge in [0.25, 0.3) is 0 Å². The maximum Gasteiger partial charge on any atom is 0.488 e. The van der Waals surface area contributed by atoms with Crippen molar-refractivity contribution in [2.45, 2.75) is 25.0 Å². The lowest BCUT2D eigenvalue weighted by molar-refractivity contribution is 0.0854. The molecule has 0 radical (unpaired) electrons. The van der Waals surface area contributed by atoms with Gasteiger partial charge in [-0.25, -0.2) is 0 Å². The molecule has 2 atom stereocenters. The molecule has 0 fully saturated rings. The largest absolute Gasteiger partial charge is 0.488 e. The van der Waals surface area contributed by atoms with Crippen molar-refractivity contribution in [3.8, 4) is 0 Å². The Bertz CT molecular complexity index is 2140. The Labute approximate surface area is 343 Å². The molecule has 3 aromatic heterocycles. The molecule has 13 nitrogen and oxygen atoms in total. The predicted octanol–water partition coefficient (Wildman–Crippen LogP) is 2.99. The van der Waals surface area contributed by atoms with Gasteiger partial charge in [-0.05, 0) is 63.4 Å². The minimum atomic E-state index is -1.45. The normalized spacial score (nSPS) is 14.7. The Morgan fingerprint density at radius 2 is 0.949 bits per heavy atom. The molecule has 6 aromatic rings. The van der Waals surface area contributed by atoms with Gasteiger partial charge in [-0.1, -0.05) is 121 Å². The van der Waals surface area contributed by atoms with Crippen molar-refractivity contribution in [3.63, 3.8) is 0 Å². The van der Waals surface area contributed by atoms with E-state index < -0.39 is 21.4 Å². The van der Waals surface area contributed by atoms with Crippen molar-refractivity contribution < 1.29 is 39.8 Å². The molecule has 0 saturated carbocycles. The SMILES string of the molecule is C=Cc1ccc(B(O)O)cc1.C=Cc1ccccn1.OB(O)c1ccc(C2=NOC(c3cccnc3)C2)cc1.OB(O)c1ccc(C2=NOC(c3cccnc3)C2)cc1. The quantitative estimate of drug-likeness (QED) is 0.118. The summed E-state index contributed by atoms with van der Waals surface area (Å²) in [5.74, 6) is 0. The van der Waals surface area contributed by atoms with Gasteiger partial charge in [-0.3, -0.25) is 15.0 Å². The molecule has 0 amide bonds. The smallest absolute Gasteiger partial charge is 0.423 e. The van der Waals surface area contributed by atoms with Crippen LogP contribution in [0.2, 0.25) is 0 Å². The molecule has 2 aliphatic heterocycles. The first-order valence-corrected chi connectivity index (χ1v) is 18.4. The Morgan fingerprint density at radius 1 is 0.508 bits per heavy atom. The Hall–Kier alpha value is -6.52. The maximum absolute atomic E-state index is 9.06. The van der Waals surface area contributed by atoms with Crippen molar-refractivity contribution in [1.29, 1.82) is 0 Å². The molecule has 0 saturated heterocycles. The van der Waals surface area contributed by atoms with Crippen molar-refractivity contribution in [3.05, 3.63) is 193 Å². The Balaban J connectivity index is 0.000000159. The maximum atomic E-state index is 9.06. The average Bonchev–Trinajstić information content (AvgIpc) is 4.00. The second kappa shape index (κ2) is 22.4. The lowest BCUT2D eigenvalue weighted by atomic mass is 9.80. The van der Waals surface area contributed by atoms with Gasteiger partial charge in [0.2, 0.25) is 0 Å². The molecule has 3 aromatic carbocycles. The van der Waals surface area contributed by atoms with Gasteiger partial charge in [0.1, 0.15) is 0 Å². The third-order valence-electron chi connectivity index (χ3n) is 8.90. The lowest BCUT2D eigenvalue weighted by Gasteiger charge is -2.07. The molecule has 8 rings (SSSR count). The number of pyridine rings is 3. The average molecular weight is 789 g/mol. The molecule has 2 aliphatic rings. The molecule has 0 bridgehead atoms. The van der Waals surface area contributed by atoms with Gasteiger partial charge in [-0.2, -0.15) is 0 Å². The monoisotopic (exact) mass is 789 g/mol. The third kappa shape index (κ3) is 13.3.